The van der Waals surface area contributed by atoms with Crippen molar-refractivity contribution in [1.29, 1.82) is 0 Å². The number of hydrogen-bond acceptors (Lipinski definition) is 7. The van der Waals surface area contributed by atoms with Gasteiger partial charge >= 0.3 is 0 Å². The van der Waals surface area contributed by atoms with Crippen LogP contribution in [-0.2, 0) is 0 Å². The minimum Gasteiger partial charge on any atom is -0.399 e. The molecule has 0 amide bonds. The average molecular weight is 461 g/mol. The molecule has 0 saturated carbocycles. The molecule has 1 atom stereocenters. The van der Waals surface area contributed by atoms with E-state index in [0.717, 1.165) is 11.8 Å². The molecule has 0 radical (unpaired) electrons. The Kier molecular flexibility index (Phi) is 6.04. The zero-order chi connectivity index (χ0) is 23.9. The van der Waals surface area contributed by atoms with E-state index in [1.165, 1.54) is 6.07 Å². The van der Waals surface area contributed by atoms with E-state index in [1.54, 1.807) is 20.0 Å². The summed E-state index contributed by atoms with van der Waals surface area (Å²) >= 11 is 0. The Hall–Kier alpha value is -3.14. The van der Waals surface area contributed by atoms with Crippen LogP contribution in [0.15, 0.2) is 24.4 Å². The largest absolute Gasteiger partial charge is 0.399 e. The number of pyridine rings is 1. The summed E-state index contributed by atoms with van der Waals surface area (Å²) in [6.45, 7) is 6.63. The molecule has 0 unspecified atom stereocenters. The molecular weight excluding hydrogens is 433 g/mol. The summed E-state index contributed by atoms with van der Waals surface area (Å²) in [6, 6.07) is 3.51. The molecule has 7 nitrogen and oxygen atoms in total. The Morgan fingerprint density at radius 1 is 1.15 bits per heavy atom. The highest BCUT2D eigenvalue weighted by Gasteiger charge is 2.28. The summed E-state index contributed by atoms with van der Waals surface area (Å²) in [5, 5.41) is 22.4. The van der Waals surface area contributed by atoms with Gasteiger partial charge in [0.2, 0.25) is 0 Å². The maximum Gasteiger partial charge on any atom is 0.266 e. The summed E-state index contributed by atoms with van der Waals surface area (Å²) in [5.41, 5.74) is 6.54. The van der Waals surface area contributed by atoms with Gasteiger partial charge in [0.05, 0.1) is 40.3 Å². The number of nitrogens with one attached hydrogen (secondary N) is 1. The third-order valence-electron chi connectivity index (χ3n) is 6.18. The molecule has 0 bridgehead atoms. The molecule has 0 aliphatic carbocycles. The number of piperidine rings is 1. The molecule has 2 aromatic heterocycles. The molecule has 10 heteroatoms. The third-order valence-corrected chi connectivity index (χ3v) is 6.18. The molecule has 0 spiro atoms. The number of halogens is 3. The second kappa shape index (κ2) is 8.66. The Morgan fingerprint density at radius 3 is 2.48 bits per heavy atom. The normalized spacial score (nSPS) is 16.9. The highest BCUT2D eigenvalue weighted by atomic mass is 19.3. The summed E-state index contributed by atoms with van der Waals surface area (Å²) in [4.78, 5) is 6.70. The van der Waals surface area contributed by atoms with E-state index >= 15 is 0 Å². The zero-order valence-electron chi connectivity index (χ0n) is 18.7. The monoisotopic (exact) mass is 460 g/mol. The highest BCUT2D eigenvalue weighted by molar-refractivity contribution is 5.92. The van der Waals surface area contributed by atoms with Gasteiger partial charge in [0, 0.05) is 29.7 Å². The van der Waals surface area contributed by atoms with Gasteiger partial charge in [-0.05, 0) is 51.8 Å². The summed E-state index contributed by atoms with van der Waals surface area (Å²) in [7, 11) is 0. The van der Waals surface area contributed by atoms with Crippen LogP contribution in [0.25, 0.3) is 10.9 Å². The van der Waals surface area contributed by atoms with E-state index in [2.05, 4.69) is 25.4 Å². The summed E-state index contributed by atoms with van der Waals surface area (Å²) in [5.74, 6) is -0.635. The first kappa shape index (κ1) is 23.0. The molecule has 1 aliphatic rings. The number of benzene rings is 1. The first-order chi connectivity index (χ1) is 15.6. The van der Waals surface area contributed by atoms with Gasteiger partial charge in [0.25, 0.3) is 6.43 Å². The lowest BCUT2D eigenvalue weighted by Gasteiger charge is -2.37. The van der Waals surface area contributed by atoms with Crippen molar-refractivity contribution < 1.29 is 18.3 Å². The first-order valence-corrected chi connectivity index (χ1v) is 10.8. The minimum absolute atomic E-state index is 0.0169. The van der Waals surface area contributed by atoms with Gasteiger partial charge in [-0.1, -0.05) is 0 Å². The van der Waals surface area contributed by atoms with Crippen molar-refractivity contribution in [3.63, 3.8) is 0 Å². The van der Waals surface area contributed by atoms with E-state index in [4.69, 9.17) is 5.73 Å². The summed E-state index contributed by atoms with van der Waals surface area (Å²) < 4.78 is 41.2. The predicted octanol–water partition coefficient (Wildman–Crippen LogP) is 4.52. The Morgan fingerprint density at radius 2 is 1.82 bits per heavy atom. The van der Waals surface area contributed by atoms with Gasteiger partial charge in [-0.2, -0.15) is 5.10 Å². The number of hydrogen-bond donors (Lipinski definition) is 3. The number of nitrogens with two attached hydrogens (primary N) is 1. The van der Waals surface area contributed by atoms with E-state index in [9.17, 15) is 18.3 Å². The zero-order valence-corrected chi connectivity index (χ0v) is 18.7. The van der Waals surface area contributed by atoms with Gasteiger partial charge in [0.15, 0.2) is 5.82 Å². The molecule has 1 aliphatic heterocycles. The smallest absolute Gasteiger partial charge is 0.266 e. The van der Waals surface area contributed by atoms with Gasteiger partial charge in [-0.25, -0.2) is 13.2 Å². The Balaban J connectivity index is 1.69. The number of aryl methyl sites for hydroxylation is 1. The number of nitrogen functional groups attached to an aromatic ring is 1. The van der Waals surface area contributed by atoms with Crippen LogP contribution in [0.4, 0.5) is 30.4 Å². The number of rotatable bonds is 5. The number of fused-ring (bicyclic) bond motifs is 1. The maximum absolute atomic E-state index is 14.8. The van der Waals surface area contributed by atoms with E-state index in [1.807, 2.05) is 13.0 Å². The van der Waals surface area contributed by atoms with Gasteiger partial charge in [-0.3, -0.25) is 4.98 Å². The standard InChI is InChI=1S/C23H27F3N6O/c1-12(16-8-14(27)9-17(19(16)24)21(25)26)29-22-18-10-15(11-28-20(18)13(2)30-31-22)32-6-4-23(3,33)5-7-32/h8-12,21,33H,4-7,27H2,1-3H3,(H,29,31)/t12-/m1/s1. The van der Waals surface area contributed by atoms with Crippen molar-refractivity contribution in [1.82, 2.24) is 15.2 Å². The highest BCUT2D eigenvalue weighted by Crippen LogP contribution is 2.34. The molecule has 33 heavy (non-hydrogen) atoms. The van der Waals surface area contributed by atoms with Crippen molar-refractivity contribution in [2.24, 2.45) is 0 Å². The van der Waals surface area contributed by atoms with Crippen LogP contribution in [-0.4, -0.2) is 39.0 Å². The third kappa shape index (κ3) is 4.66. The quantitative estimate of drug-likeness (QED) is 0.482. The minimum atomic E-state index is -2.98. The van der Waals surface area contributed by atoms with E-state index < -0.39 is 29.4 Å². The number of alkyl halides is 2. The molecule has 4 rings (SSSR count). The topological polar surface area (TPSA) is 100 Å². The van der Waals surface area contributed by atoms with Crippen molar-refractivity contribution >= 4 is 28.1 Å². The fourth-order valence-electron chi connectivity index (χ4n) is 4.13. The molecule has 4 N–H and O–H groups in total. The lowest BCUT2D eigenvalue weighted by Crippen LogP contribution is -2.42. The van der Waals surface area contributed by atoms with E-state index in [-0.39, 0.29) is 11.3 Å². The van der Waals surface area contributed by atoms with Gasteiger partial charge in [0.1, 0.15) is 5.82 Å². The Bertz CT molecular complexity index is 1180. The molecule has 1 fully saturated rings. The van der Waals surface area contributed by atoms with Crippen LogP contribution >= 0.6 is 0 Å². The maximum atomic E-state index is 14.8. The van der Waals surface area contributed by atoms with Crippen molar-refractivity contribution in [2.75, 3.05) is 29.0 Å². The van der Waals surface area contributed by atoms with Crippen LogP contribution in [0, 0.1) is 12.7 Å². The molecule has 176 valence electrons. The predicted molar refractivity (Wildman–Crippen MR) is 122 cm³/mol. The van der Waals surface area contributed by atoms with Crippen molar-refractivity contribution in [3.8, 4) is 0 Å². The molecule has 3 heterocycles. The Labute approximate surface area is 189 Å². The average Bonchev–Trinajstić information content (AvgIpc) is 2.76. The van der Waals surface area contributed by atoms with Crippen LogP contribution in [0.5, 0.6) is 0 Å². The lowest BCUT2D eigenvalue weighted by molar-refractivity contribution is 0.0351. The van der Waals surface area contributed by atoms with Gasteiger partial charge < -0.3 is 21.1 Å². The molecule has 1 aromatic carbocycles. The van der Waals surface area contributed by atoms with Crippen LogP contribution in [0.2, 0.25) is 0 Å². The number of aromatic nitrogens is 3. The lowest BCUT2D eigenvalue weighted by atomic mass is 9.93. The second-order valence-corrected chi connectivity index (χ2v) is 8.89. The first-order valence-electron chi connectivity index (χ1n) is 10.8. The van der Waals surface area contributed by atoms with E-state index in [0.29, 0.717) is 48.3 Å². The molecule has 1 saturated heterocycles. The van der Waals surface area contributed by atoms with Gasteiger partial charge in [-0.15, -0.1) is 5.10 Å². The van der Waals surface area contributed by atoms with Crippen molar-refractivity contribution in [3.05, 3.63) is 47.0 Å². The van der Waals surface area contributed by atoms with Crippen LogP contribution < -0.4 is 16.0 Å². The van der Waals surface area contributed by atoms with Crippen molar-refractivity contribution in [2.45, 2.75) is 51.7 Å². The van der Waals surface area contributed by atoms with Crippen LogP contribution in [0.3, 0.4) is 0 Å². The molecular formula is C23H27F3N6O. The van der Waals surface area contributed by atoms with Crippen LogP contribution in [0.1, 0.15) is 56.0 Å². The fourth-order valence-corrected chi connectivity index (χ4v) is 4.13. The number of nitrogens with zero attached hydrogens (tertiary/aromatic N) is 4. The SMILES string of the molecule is Cc1nnc(N[C@H](C)c2cc(N)cc(C(F)F)c2F)c2cc(N3CCC(C)(O)CC3)cnc12. The second-order valence-electron chi connectivity index (χ2n) is 8.89. The number of aliphatic hydroxyl groups is 1. The number of anilines is 3. The fraction of sp³-hybridized carbons (Fsp3) is 0.435. The summed E-state index contributed by atoms with van der Waals surface area (Å²) in [6.07, 6.45) is 0.0669. The molecule has 3 aromatic rings.